The van der Waals surface area contributed by atoms with E-state index in [4.69, 9.17) is 14.2 Å². The van der Waals surface area contributed by atoms with Crippen molar-refractivity contribution in [2.24, 2.45) is 0 Å². The molecule has 0 spiro atoms. The van der Waals surface area contributed by atoms with Crippen molar-refractivity contribution in [2.75, 3.05) is 39.3 Å². The van der Waals surface area contributed by atoms with Crippen molar-refractivity contribution < 1.29 is 19.0 Å². The van der Waals surface area contributed by atoms with E-state index >= 15 is 0 Å². The van der Waals surface area contributed by atoms with Crippen LogP contribution in [0.15, 0.2) is 18.2 Å². The average molecular weight is 346 g/mol. The molecule has 0 heterocycles. The quantitative estimate of drug-likeness (QED) is 0.550. The zero-order valence-corrected chi connectivity index (χ0v) is 13.4. The summed E-state index contributed by atoms with van der Waals surface area (Å²) in [5.74, 6) is 0.990. The lowest BCUT2D eigenvalue weighted by atomic mass is 10.1. The van der Waals surface area contributed by atoms with Crippen molar-refractivity contribution in [1.29, 1.82) is 0 Å². The number of carbonyl (C=O) groups is 1. The van der Waals surface area contributed by atoms with E-state index in [1.807, 2.05) is 0 Å². The summed E-state index contributed by atoms with van der Waals surface area (Å²) < 4.78 is 15.6. The van der Waals surface area contributed by atoms with Crippen molar-refractivity contribution in [3.05, 3.63) is 23.8 Å². The second kappa shape index (κ2) is 9.61. The number of halogens is 1. The number of ether oxygens (including phenoxy) is 3. The van der Waals surface area contributed by atoms with Crippen LogP contribution in [0.25, 0.3) is 0 Å². The van der Waals surface area contributed by atoms with Gasteiger partial charge < -0.3 is 19.5 Å². The van der Waals surface area contributed by atoms with Gasteiger partial charge in [0.15, 0.2) is 0 Å². The van der Waals surface area contributed by atoms with Gasteiger partial charge in [-0.05, 0) is 18.6 Å². The van der Waals surface area contributed by atoms with Crippen molar-refractivity contribution in [1.82, 2.24) is 5.32 Å². The van der Waals surface area contributed by atoms with Crippen molar-refractivity contribution in [3.63, 3.8) is 0 Å². The molecule has 0 aromatic heterocycles. The van der Waals surface area contributed by atoms with Crippen LogP contribution in [0, 0.1) is 0 Å². The van der Waals surface area contributed by atoms with E-state index in [-0.39, 0.29) is 5.91 Å². The maximum absolute atomic E-state index is 12.0. The topological polar surface area (TPSA) is 56.8 Å². The summed E-state index contributed by atoms with van der Waals surface area (Å²) in [7, 11) is 3.10. The predicted octanol–water partition coefficient (Wildman–Crippen LogP) is 2.24. The highest BCUT2D eigenvalue weighted by Crippen LogP contribution is 2.24. The molecule has 0 saturated carbocycles. The van der Waals surface area contributed by atoms with Gasteiger partial charge in [-0.15, -0.1) is 0 Å². The molecule has 112 valence electrons. The van der Waals surface area contributed by atoms with Gasteiger partial charge in [0.2, 0.25) is 0 Å². The van der Waals surface area contributed by atoms with Crippen molar-refractivity contribution >= 4 is 21.8 Å². The fourth-order valence-electron chi connectivity index (χ4n) is 1.61. The van der Waals surface area contributed by atoms with Gasteiger partial charge in [0.05, 0.1) is 26.4 Å². The molecule has 0 saturated heterocycles. The summed E-state index contributed by atoms with van der Waals surface area (Å²) in [6.07, 6.45) is 0.775. The summed E-state index contributed by atoms with van der Waals surface area (Å²) in [4.78, 5) is 12.0. The van der Waals surface area contributed by atoms with E-state index in [2.05, 4.69) is 21.2 Å². The van der Waals surface area contributed by atoms with Gasteiger partial charge in [0.25, 0.3) is 5.91 Å². The minimum absolute atomic E-state index is 0.162. The van der Waals surface area contributed by atoms with E-state index < -0.39 is 0 Å². The molecule has 0 atom stereocenters. The Bertz CT molecular complexity index is 426. The van der Waals surface area contributed by atoms with Crippen molar-refractivity contribution in [3.8, 4) is 11.5 Å². The van der Waals surface area contributed by atoms with Gasteiger partial charge in [-0.1, -0.05) is 15.9 Å². The maximum atomic E-state index is 12.0. The SMILES string of the molecule is COc1ccc(C(=O)NCCCOCCBr)c(OC)c1. The van der Waals surface area contributed by atoms with Crippen LogP contribution in [0.1, 0.15) is 16.8 Å². The standard InChI is InChI=1S/C14H20BrNO4/c1-18-11-4-5-12(13(10-11)19-2)14(17)16-7-3-8-20-9-6-15/h4-5,10H,3,6-9H2,1-2H3,(H,16,17). The van der Waals surface area contributed by atoms with E-state index in [0.29, 0.717) is 36.8 Å². The second-order valence-electron chi connectivity index (χ2n) is 3.98. The number of amides is 1. The average Bonchev–Trinajstić information content (AvgIpc) is 2.49. The summed E-state index contributed by atoms with van der Waals surface area (Å²) in [6, 6.07) is 5.11. The van der Waals surface area contributed by atoms with Crippen molar-refractivity contribution in [2.45, 2.75) is 6.42 Å². The highest BCUT2D eigenvalue weighted by Gasteiger charge is 2.12. The Balaban J connectivity index is 2.46. The lowest BCUT2D eigenvalue weighted by molar-refractivity contribution is 0.0941. The number of rotatable bonds is 9. The molecule has 20 heavy (non-hydrogen) atoms. The molecule has 6 heteroatoms. The minimum atomic E-state index is -0.162. The molecule has 0 bridgehead atoms. The predicted molar refractivity (Wildman–Crippen MR) is 81.1 cm³/mol. The third-order valence-electron chi connectivity index (χ3n) is 2.63. The summed E-state index contributed by atoms with van der Waals surface area (Å²) in [5.41, 5.74) is 0.495. The molecular formula is C14H20BrNO4. The normalized spacial score (nSPS) is 10.2. The van der Waals surface area contributed by atoms with Crippen LogP contribution in [0.2, 0.25) is 0 Å². The van der Waals surface area contributed by atoms with Gasteiger partial charge in [-0.25, -0.2) is 0 Å². The zero-order chi connectivity index (χ0) is 14.8. The lowest BCUT2D eigenvalue weighted by Crippen LogP contribution is -2.25. The van der Waals surface area contributed by atoms with Crippen LogP contribution in [0.3, 0.4) is 0 Å². The number of hydrogen-bond acceptors (Lipinski definition) is 4. The molecule has 0 unspecified atom stereocenters. The maximum Gasteiger partial charge on any atom is 0.255 e. The number of alkyl halides is 1. The first-order valence-corrected chi connectivity index (χ1v) is 7.49. The van der Waals surface area contributed by atoms with Crippen LogP contribution in [0.5, 0.6) is 11.5 Å². The van der Waals surface area contributed by atoms with Crippen LogP contribution >= 0.6 is 15.9 Å². The smallest absolute Gasteiger partial charge is 0.255 e. The molecule has 1 aromatic carbocycles. The Hall–Kier alpha value is -1.27. The fourth-order valence-corrected chi connectivity index (χ4v) is 1.84. The Labute approximate surface area is 127 Å². The van der Waals surface area contributed by atoms with Gasteiger partial charge in [0, 0.05) is 24.5 Å². The molecular weight excluding hydrogens is 326 g/mol. The van der Waals surface area contributed by atoms with E-state index in [9.17, 15) is 4.79 Å². The Morgan fingerprint density at radius 2 is 2.05 bits per heavy atom. The van der Waals surface area contributed by atoms with Crippen LogP contribution in [0.4, 0.5) is 0 Å². The first kappa shape index (κ1) is 16.8. The third-order valence-corrected chi connectivity index (χ3v) is 2.95. The van der Waals surface area contributed by atoms with Crippen LogP contribution in [-0.2, 0) is 4.74 Å². The highest BCUT2D eigenvalue weighted by atomic mass is 79.9. The molecule has 0 aliphatic heterocycles. The Kier molecular flexibility index (Phi) is 8.06. The number of hydrogen-bond donors (Lipinski definition) is 1. The first-order chi connectivity index (χ1) is 9.72. The van der Waals surface area contributed by atoms with Crippen LogP contribution < -0.4 is 14.8 Å². The molecule has 0 fully saturated rings. The van der Waals surface area contributed by atoms with E-state index in [1.54, 1.807) is 25.3 Å². The number of nitrogens with one attached hydrogen (secondary N) is 1. The second-order valence-corrected chi connectivity index (χ2v) is 4.77. The van der Waals surface area contributed by atoms with Crippen LogP contribution in [-0.4, -0.2) is 45.2 Å². The first-order valence-electron chi connectivity index (χ1n) is 6.37. The monoisotopic (exact) mass is 345 g/mol. The third kappa shape index (κ3) is 5.38. The highest BCUT2D eigenvalue weighted by molar-refractivity contribution is 9.09. The molecule has 1 rings (SSSR count). The van der Waals surface area contributed by atoms with Gasteiger partial charge in [-0.2, -0.15) is 0 Å². The summed E-state index contributed by atoms with van der Waals surface area (Å²) >= 11 is 3.28. The summed E-state index contributed by atoms with van der Waals surface area (Å²) in [5, 5.41) is 3.66. The molecule has 5 nitrogen and oxygen atoms in total. The molecule has 1 aromatic rings. The van der Waals surface area contributed by atoms with Gasteiger partial charge >= 0.3 is 0 Å². The molecule has 0 aliphatic rings. The van der Waals surface area contributed by atoms with E-state index in [0.717, 1.165) is 11.8 Å². The Morgan fingerprint density at radius 1 is 1.25 bits per heavy atom. The summed E-state index contributed by atoms with van der Waals surface area (Å²) in [6.45, 7) is 1.88. The van der Waals surface area contributed by atoms with Gasteiger partial charge in [-0.3, -0.25) is 4.79 Å². The zero-order valence-electron chi connectivity index (χ0n) is 11.8. The largest absolute Gasteiger partial charge is 0.497 e. The molecule has 0 radical (unpaired) electrons. The number of carbonyl (C=O) groups excluding carboxylic acids is 1. The molecule has 1 amide bonds. The minimum Gasteiger partial charge on any atom is -0.497 e. The lowest BCUT2D eigenvalue weighted by Gasteiger charge is -2.10. The van der Waals surface area contributed by atoms with E-state index in [1.165, 1.54) is 7.11 Å². The molecule has 1 N–H and O–H groups in total. The van der Waals surface area contributed by atoms with Gasteiger partial charge in [0.1, 0.15) is 11.5 Å². The number of benzene rings is 1. The number of methoxy groups -OCH3 is 2. The fraction of sp³-hybridized carbons (Fsp3) is 0.500. The Morgan fingerprint density at radius 3 is 2.70 bits per heavy atom. The molecule has 0 aliphatic carbocycles.